The molecule has 2 aromatic heterocycles. The fraction of sp³-hybridized carbons (Fsp3) is 0.455. The van der Waals surface area contributed by atoms with E-state index >= 15 is 0 Å². The molecule has 1 atom stereocenters. The number of rotatable bonds is 5. The van der Waals surface area contributed by atoms with Gasteiger partial charge in [-0.05, 0) is 48.9 Å². The number of nitrogens with zero attached hydrogens (tertiary/aromatic N) is 2. The van der Waals surface area contributed by atoms with Crippen LogP contribution in [0.2, 0.25) is 0 Å². The number of carbonyl (C=O) groups excluding carboxylic acids is 1. The van der Waals surface area contributed by atoms with Crippen molar-refractivity contribution in [3.63, 3.8) is 0 Å². The molecule has 2 aromatic rings. The van der Waals surface area contributed by atoms with Gasteiger partial charge in [-0.15, -0.1) is 11.3 Å². The highest BCUT2D eigenvalue weighted by Crippen LogP contribution is 2.36. The van der Waals surface area contributed by atoms with Crippen molar-refractivity contribution in [3.8, 4) is 0 Å². The second kappa shape index (κ2) is 7.95. The lowest BCUT2D eigenvalue weighted by atomic mass is 9.77. The minimum atomic E-state index is -0.224. The Bertz CT molecular complexity index is 830. The molecular weight excluding hydrogens is 356 g/mol. The summed E-state index contributed by atoms with van der Waals surface area (Å²) in [6.45, 7) is 4.89. The van der Waals surface area contributed by atoms with Gasteiger partial charge in [0.15, 0.2) is 0 Å². The minimum absolute atomic E-state index is 0.224. The molecule has 4 rings (SSSR count). The van der Waals surface area contributed by atoms with Crippen molar-refractivity contribution in [2.24, 2.45) is 5.41 Å². The van der Waals surface area contributed by atoms with Gasteiger partial charge < -0.3 is 9.64 Å². The van der Waals surface area contributed by atoms with Gasteiger partial charge >= 0.3 is 0 Å². The van der Waals surface area contributed by atoms with Gasteiger partial charge in [0.2, 0.25) is 5.91 Å². The highest BCUT2D eigenvalue weighted by molar-refractivity contribution is 7.12. The van der Waals surface area contributed by atoms with Crippen molar-refractivity contribution in [1.82, 2.24) is 9.88 Å². The largest absolute Gasteiger partial charge is 0.371 e. The molecule has 0 spiro atoms. The molecule has 3 heterocycles. The summed E-state index contributed by atoms with van der Waals surface area (Å²) in [7, 11) is 0. The Morgan fingerprint density at radius 1 is 1.37 bits per heavy atom. The summed E-state index contributed by atoms with van der Waals surface area (Å²) >= 11 is 1.83. The number of fused-ring (bicyclic) bond motifs is 1. The average Bonchev–Trinajstić information content (AvgIpc) is 3.10. The normalized spacial score (nSPS) is 21.9. The van der Waals surface area contributed by atoms with Gasteiger partial charge in [0.1, 0.15) is 0 Å². The first-order chi connectivity index (χ1) is 13.1. The summed E-state index contributed by atoms with van der Waals surface area (Å²) < 4.78 is 5.85. The number of hydrogen-bond donors (Lipinski definition) is 0. The first-order valence-corrected chi connectivity index (χ1v) is 10.5. The molecule has 1 unspecified atom stereocenters. The monoisotopic (exact) mass is 382 g/mol. The predicted molar refractivity (Wildman–Crippen MR) is 107 cm³/mol. The van der Waals surface area contributed by atoms with Crippen LogP contribution in [0.4, 0.5) is 0 Å². The standard InChI is InChI=1S/C22H26N2O2S/c1-22(8-3-2-4-9-22)21(25)24-11-7-20-18(14-24)12-19(27-20)16-26-15-17-6-5-10-23-13-17/h2-3,5-6,10,12-13H,4,7-9,11,14-16H2,1H3. The first kappa shape index (κ1) is 18.4. The number of ether oxygens (including phenoxy) is 1. The lowest BCUT2D eigenvalue weighted by molar-refractivity contribution is -0.142. The van der Waals surface area contributed by atoms with E-state index in [2.05, 4.69) is 35.0 Å². The van der Waals surface area contributed by atoms with Crippen LogP contribution in [0.3, 0.4) is 0 Å². The van der Waals surface area contributed by atoms with Crippen molar-refractivity contribution in [3.05, 3.63) is 63.6 Å². The Hall–Kier alpha value is -1.98. The van der Waals surface area contributed by atoms with Gasteiger partial charge in [0, 0.05) is 35.2 Å². The lowest BCUT2D eigenvalue weighted by Crippen LogP contribution is -2.44. The van der Waals surface area contributed by atoms with E-state index < -0.39 is 0 Å². The quantitative estimate of drug-likeness (QED) is 0.716. The van der Waals surface area contributed by atoms with Crippen molar-refractivity contribution in [2.75, 3.05) is 6.54 Å². The van der Waals surface area contributed by atoms with Crippen LogP contribution in [0, 0.1) is 5.41 Å². The molecule has 0 fully saturated rings. The van der Waals surface area contributed by atoms with E-state index in [1.165, 1.54) is 15.3 Å². The second-order valence-corrected chi connectivity index (χ2v) is 8.99. The highest BCUT2D eigenvalue weighted by Gasteiger charge is 2.37. The summed E-state index contributed by atoms with van der Waals surface area (Å²) in [6.07, 6.45) is 11.8. The average molecular weight is 383 g/mol. The number of allylic oxidation sites excluding steroid dienone is 2. The van der Waals surface area contributed by atoms with Crippen LogP contribution in [-0.2, 0) is 35.7 Å². The van der Waals surface area contributed by atoms with Crippen LogP contribution in [0.15, 0.2) is 42.7 Å². The molecule has 0 N–H and O–H groups in total. The van der Waals surface area contributed by atoms with E-state index in [4.69, 9.17) is 4.74 Å². The van der Waals surface area contributed by atoms with E-state index in [1.807, 2.05) is 29.7 Å². The Labute approximate surface area is 164 Å². The van der Waals surface area contributed by atoms with Crippen LogP contribution in [0.5, 0.6) is 0 Å². The predicted octanol–water partition coefficient (Wildman–Crippen LogP) is 4.49. The third-order valence-electron chi connectivity index (χ3n) is 5.55. The van der Waals surface area contributed by atoms with Crippen molar-refractivity contribution >= 4 is 17.2 Å². The number of hydrogen-bond acceptors (Lipinski definition) is 4. The maximum Gasteiger partial charge on any atom is 0.229 e. The molecule has 142 valence electrons. The van der Waals surface area contributed by atoms with Gasteiger partial charge in [0.05, 0.1) is 18.6 Å². The summed E-state index contributed by atoms with van der Waals surface area (Å²) in [5, 5.41) is 0. The molecule has 2 aliphatic rings. The summed E-state index contributed by atoms with van der Waals surface area (Å²) in [5.41, 5.74) is 2.16. The van der Waals surface area contributed by atoms with Crippen molar-refractivity contribution < 1.29 is 9.53 Å². The first-order valence-electron chi connectivity index (χ1n) is 9.65. The number of carbonyl (C=O) groups is 1. The summed E-state index contributed by atoms with van der Waals surface area (Å²) in [4.78, 5) is 21.9. The number of thiophene rings is 1. The van der Waals surface area contributed by atoms with Crippen LogP contribution in [-0.4, -0.2) is 22.3 Å². The molecular formula is C22H26N2O2S. The van der Waals surface area contributed by atoms with Gasteiger partial charge in [-0.2, -0.15) is 0 Å². The molecule has 27 heavy (non-hydrogen) atoms. The molecule has 4 nitrogen and oxygen atoms in total. The zero-order valence-corrected chi connectivity index (χ0v) is 16.6. The smallest absolute Gasteiger partial charge is 0.229 e. The molecule has 0 aromatic carbocycles. The summed E-state index contributed by atoms with van der Waals surface area (Å²) in [5.74, 6) is 0.318. The van der Waals surface area contributed by atoms with E-state index in [0.717, 1.165) is 44.3 Å². The molecule has 1 aliphatic heterocycles. The fourth-order valence-electron chi connectivity index (χ4n) is 3.93. The van der Waals surface area contributed by atoms with E-state index in [9.17, 15) is 4.79 Å². The third-order valence-corrected chi connectivity index (χ3v) is 6.77. The van der Waals surface area contributed by atoms with Crippen LogP contribution < -0.4 is 0 Å². The van der Waals surface area contributed by atoms with Crippen LogP contribution in [0.1, 0.15) is 47.1 Å². The third kappa shape index (κ3) is 4.14. The zero-order chi connectivity index (χ0) is 18.7. The Balaban J connectivity index is 1.36. The second-order valence-electron chi connectivity index (χ2n) is 7.77. The van der Waals surface area contributed by atoms with E-state index in [1.54, 1.807) is 6.20 Å². The zero-order valence-electron chi connectivity index (χ0n) is 15.8. The topological polar surface area (TPSA) is 42.4 Å². The van der Waals surface area contributed by atoms with E-state index in [0.29, 0.717) is 19.1 Å². The van der Waals surface area contributed by atoms with Gasteiger partial charge in [-0.3, -0.25) is 9.78 Å². The van der Waals surface area contributed by atoms with Crippen molar-refractivity contribution in [2.45, 2.75) is 52.4 Å². The maximum atomic E-state index is 13.1. The number of aromatic nitrogens is 1. The van der Waals surface area contributed by atoms with Crippen LogP contribution in [0.25, 0.3) is 0 Å². The van der Waals surface area contributed by atoms with E-state index in [-0.39, 0.29) is 5.41 Å². The molecule has 1 aliphatic carbocycles. The van der Waals surface area contributed by atoms with Gasteiger partial charge in [-0.1, -0.05) is 25.1 Å². The molecule has 5 heteroatoms. The number of amides is 1. The maximum absolute atomic E-state index is 13.1. The molecule has 0 saturated heterocycles. The summed E-state index contributed by atoms with van der Waals surface area (Å²) in [6, 6.07) is 6.18. The Morgan fingerprint density at radius 2 is 2.30 bits per heavy atom. The molecule has 0 radical (unpaired) electrons. The lowest BCUT2D eigenvalue weighted by Gasteiger charge is -2.37. The molecule has 0 bridgehead atoms. The Kier molecular flexibility index (Phi) is 5.41. The van der Waals surface area contributed by atoms with Gasteiger partial charge in [0.25, 0.3) is 0 Å². The minimum Gasteiger partial charge on any atom is -0.371 e. The molecule has 1 amide bonds. The fourth-order valence-corrected chi connectivity index (χ4v) is 5.04. The SMILES string of the molecule is CC1(C(=O)N2CCc3sc(COCc4cccnc4)cc3C2)CC=CCC1. The van der Waals surface area contributed by atoms with Gasteiger partial charge in [-0.25, -0.2) is 0 Å². The molecule has 0 saturated carbocycles. The number of pyridine rings is 1. The van der Waals surface area contributed by atoms with Crippen LogP contribution >= 0.6 is 11.3 Å². The Morgan fingerprint density at radius 3 is 3.07 bits per heavy atom. The van der Waals surface area contributed by atoms with Crippen molar-refractivity contribution in [1.29, 1.82) is 0 Å². The highest BCUT2D eigenvalue weighted by atomic mass is 32.1.